The first-order valence-corrected chi connectivity index (χ1v) is 9.35. The Balaban J connectivity index is 1.65. The summed E-state index contributed by atoms with van der Waals surface area (Å²) in [5.74, 6) is 1.93. The molecule has 3 heterocycles. The molecule has 9 heteroatoms. The van der Waals surface area contributed by atoms with E-state index in [2.05, 4.69) is 20.0 Å². The van der Waals surface area contributed by atoms with Gasteiger partial charge in [0, 0.05) is 19.8 Å². The predicted octanol–water partition coefficient (Wildman–Crippen LogP) is 2.72. The van der Waals surface area contributed by atoms with Crippen LogP contribution in [0.1, 0.15) is 24.4 Å². The van der Waals surface area contributed by atoms with E-state index in [0.717, 1.165) is 23.8 Å². The van der Waals surface area contributed by atoms with Gasteiger partial charge in [-0.25, -0.2) is 14.6 Å². The molecule has 3 rings (SSSR count). The topological polar surface area (TPSA) is 63.2 Å². The molecule has 0 unspecified atom stereocenters. The number of likely N-dealkylation sites (tertiary alicyclic amines) is 1. The van der Waals surface area contributed by atoms with E-state index in [1.807, 2.05) is 32.0 Å². The fourth-order valence-corrected chi connectivity index (χ4v) is 3.53. The Morgan fingerprint density at radius 3 is 2.75 bits per heavy atom. The Hall–Kier alpha value is -1.45. The van der Waals surface area contributed by atoms with E-state index >= 15 is 0 Å². The molecule has 0 aromatic carbocycles. The van der Waals surface area contributed by atoms with E-state index < -0.39 is 0 Å². The van der Waals surface area contributed by atoms with Crippen molar-refractivity contribution in [1.29, 1.82) is 0 Å². The molecular formula is C15H22N6OS2. The molecule has 0 bridgehead atoms. The van der Waals surface area contributed by atoms with Crippen LogP contribution in [0.2, 0.25) is 0 Å². The molecule has 1 fully saturated rings. The van der Waals surface area contributed by atoms with Gasteiger partial charge in [-0.2, -0.15) is 0 Å². The molecule has 1 saturated heterocycles. The Labute approximate surface area is 151 Å². The smallest absolute Gasteiger partial charge is 0.288 e. The third kappa shape index (κ3) is 4.34. The van der Waals surface area contributed by atoms with Crippen molar-refractivity contribution in [3.8, 4) is 0 Å². The Morgan fingerprint density at radius 1 is 1.29 bits per heavy atom. The normalized spacial score (nSPS) is 15.1. The summed E-state index contributed by atoms with van der Waals surface area (Å²) in [6.07, 6.45) is 2.49. The zero-order valence-corrected chi connectivity index (χ0v) is 15.9. The van der Waals surface area contributed by atoms with E-state index in [-0.39, 0.29) is 0 Å². The first-order valence-electron chi connectivity index (χ1n) is 7.96. The number of nitrogens with zero attached hydrogens (tertiary/aromatic N) is 6. The van der Waals surface area contributed by atoms with Gasteiger partial charge in [-0.05, 0) is 51.1 Å². The van der Waals surface area contributed by atoms with Gasteiger partial charge in [0.05, 0.1) is 12.4 Å². The summed E-state index contributed by atoms with van der Waals surface area (Å²) in [7, 11) is 3.87. The first kappa shape index (κ1) is 17.4. The summed E-state index contributed by atoms with van der Waals surface area (Å²) in [4.78, 5) is 13.6. The van der Waals surface area contributed by atoms with E-state index in [4.69, 9.17) is 16.6 Å². The van der Waals surface area contributed by atoms with Crippen molar-refractivity contribution in [2.75, 3.05) is 32.1 Å². The van der Waals surface area contributed by atoms with Crippen molar-refractivity contribution in [1.82, 2.24) is 24.6 Å². The number of aryl methyl sites for hydroxylation is 1. The number of anilines is 1. The van der Waals surface area contributed by atoms with Crippen LogP contribution in [0, 0.1) is 11.8 Å². The third-order valence-electron chi connectivity index (χ3n) is 3.74. The molecule has 130 valence electrons. The molecule has 0 saturated carbocycles. The fraction of sp³-hybridized carbons (Fsp3) is 0.600. The molecule has 0 amide bonds. The lowest BCUT2D eigenvalue weighted by atomic mass is 10.4. The second kappa shape index (κ2) is 7.62. The second-order valence-corrected chi connectivity index (χ2v) is 7.40. The van der Waals surface area contributed by atoms with Crippen LogP contribution < -0.4 is 4.90 Å². The molecule has 0 spiro atoms. The van der Waals surface area contributed by atoms with Crippen LogP contribution >= 0.6 is 24.0 Å². The lowest BCUT2D eigenvalue weighted by Gasteiger charge is -2.12. The summed E-state index contributed by atoms with van der Waals surface area (Å²) in [6, 6.07) is 1.97. The lowest BCUT2D eigenvalue weighted by Crippen LogP contribution is -2.23. The fourth-order valence-electron chi connectivity index (χ4n) is 2.54. The van der Waals surface area contributed by atoms with Gasteiger partial charge in [0.15, 0.2) is 0 Å². The predicted molar refractivity (Wildman–Crippen MR) is 96.8 cm³/mol. The van der Waals surface area contributed by atoms with Crippen LogP contribution in [0.4, 0.5) is 5.95 Å². The highest BCUT2D eigenvalue weighted by molar-refractivity contribution is 7.98. The van der Waals surface area contributed by atoms with Crippen molar-refractivity contribution in [3.63, 3.8) is 0 Å². The molecule has 2 aromatic rings. The maximum Gasteiger partial charge on any atom is 0.288 e. The average molecular weight is 367 g/mol. The van der Waals surface area contributed by atoms with E-state index in [1.165, 1.54) is 12.8 Å². The number of hydrogen-bond acceptors (Lipinski definition) is 8. The highest BCUT2D eigenvalue weighted by Gasteiger charge is 2.15. The van der Waals surface area contributed by atoms with Gasteiger partial charge < -0.3 is 9.32 Å². The molecule has 0 radical (unpaired) electrons. The summed E-state index contributed by atoms with van der Waals surface area (Å²) >= 11 is 6.86. The van der Waals surface area contributed by atoms with Crippen LogP contribution in [0.25, 0.3) is 0 Å². The maximum absolute atomic E-state index is 5.62. The van der Waals surface area contributed by atoms with E-state index in [0.29, 0.717) is 29.1 Å². The Morgan fingerprint density at radius 2 is 2.04 bits per heavy atom. The molecular weight excluding hydrogens is 344 g/mol. The Bertz CT molecular complexity index is 751. The summed E-state index contributed by atoms with van der Waals surface area (Å²) < 4.78 is 7.39. The number of rotatable bonds is 6. The van der Waals surface area contributed by atoms with Crippen LogP contribution in [0.15, 0.2) is 15.5 Å². The molecule has 7 nitrogen and oxygen atoms in total. The van der Waals surface area contributed by atoms with Gasteiger partial charge in [0.2, 0.25) is 11.8 Å². The summed E-state index contributed by atoms with van der Waals surface area (Å²) in [5.41, 5.74) is 0.941. The molecule has 24 heavy (non-hydrogen) atoms. The van der Waals surface area contributed by atoms with Gasteiger partial charge >= 0.3 is 0 Å². The standard InChI is InChI=1S/C15H22N6OS2/c1-11-8-13(17-14(16-11)19(2)3)24-9-12-18-21(15(23)22-12)10-20-6-4-5-7-20/h8H,4-7,9-10H2,1-3H3. The van der Waals surface area contributed by atoms with Crippen molar-refractivity contribution >= 4 is 29.9 Å². The molecule has 0 atom stereocenters. The highest BCUT2D eigenvalue weighted by atomic mass is 32.2. The summed E-state index contributed by atoms with van der Waals surface area (Å²) in [6.45, 7) is 4.89. The van der Waals surface area contributed by atoms with Gasteiger partial charge in [-0.15, -0.1) is 5.10 Å². The molecule has 1 aliphatic heterocycles. The van der Waals surface area contributed by atoms with Gasteiger partial charge in [0.25, 0.3) is 4.84 Å². The van der Waals surface area contributed by atoms with Crippen LogP contribution in [0.3, 0.4) is 0 Å². The quantitative estimate of drug-likeness (QED) is 0.439. The van der Waals surface area contributed by atoms with Crippen LogP contribution in [-0.4, -0.2) is 51.8 Å². The maximum atomic E-state index is 5.62. The average Bonchev–Trinajstić information content (AvgIpc) is 3.15. The third-order valence-corrected chi connectivity index (χ3v) is 4.93. The van der Waals surface area contributed by atoms with Gasteiger partial charge in [-0.3, -0.25) is 4.90 Å². The minimum absolute atomic E-state index is 0.436. The zero-order valence-electron chi connectivity index (χ0n) is 14.2. The van der Waals surface area contributed by atoms with Crippen LogP contribution in [0.5, 0.6) is 0 Å². The van der Waals surface area contributed by atoms with Gasteiger partial charge in [0.1, 0.15) is 5.03 Å². The van der Waals surface area contributed by atoms with E-state index in [1.54, 1.807) is 16.4 Å². The zero-order chi connectivity index (χ0) is 17.1. The summed E-state index contributed by atoms with van der Waals surface area (Å²) in [5, 5.41) is 5.40. The number of aromatic nitrogens is 4. The van der Waals surface area contributed by atoms with Crippen molar-refractivity contribution in [2.24, 2.45) is 0 Å². The molecule has 0 N–H and O–H groups in total. The van der Waals surface area contributed by atoms with Crippen molar-refractivity contribution in [3.05, 3.63) is 22.5 Å². The SMILES string of the molecule is Cc1cc(SCc2nn(CN3CCCC3)c(=S)o2)nc(N(C)C)n1. The molecule has 1 aliphatic rings. The van der Waals surface area contributed by atoms with Gasteiger partial charge in [-0.1, -0.05) is 11.8 Å². The number of thioether (sulfide) groups is 1. The largest absolute Gasteiger partial charge is 0.413 e. The van der Waals surface area contributed by atoms with Crippen molar-refractivity contribution in [2.45, 2.75) is 37.2 Å². The second-order valence-electron chi connectivity index (χ2n) is 6.06. The lowest BCUT2D eigenvalue weighted by molar-refractivity contribution is 0.249. The first-order chi connectivity index (χ1) is 11.5. The monoisotopic (exact) mass is 366 g/mol. The highest BCUT2D eigenvalue weighted by Crippen LogP contribution is 2.22. The Kier molecular flexibility index (Phi) is 5.52. The van der Waals surface area contributed by atoms with E-state index in [9.17, 15) is 0 Å². The molecule has 2 aromatic heterocycles. The number of hydrogen-bond donors (Lipinski definition) is 0. The minimum Gasteiger partial charge on any atom is -0.413 e. The molecule has 0 aliphatic carbocycles. The van der Waals surface area contributed by atoms with Crippen molar-refractivity contribution < 1.29 is 4.42 Å². The minimum atomic E-state index is 0.436. The van der Waals surface area contributed by atoms with Crippen LogP contribution in [-0.2, 0) is 12.4 Å².